The van der Waals surface area contributed by atoms with Crippen LogP contribution in [0.25, 0.3) is 0 Å². The van der Waals surface area contributed by atoms with Crippen LogP contribution in [0.15, 0.2) is 23.1 Å². The molecule has 2 saturated heterocycles. The molecular weight excluding hydrogens is 492 g/mol. The van der Waals surface area contributed by atoms with Crippen LogP contribution in [0.5, 0.6) is 5.75 Å². The first-order valence-electron chi connectivity index (χ1n) is 10.6. The number of benzene rings is 1. The highest BCUT2D eigenvalue weighted by atomic mass is 35.5. The molecule has 0 unspecified atom stereocenters. The van der Waals surface area contributed by atoms with E-state index in [2.05, 4.69) is 5.32 Å². The quantitative estimate of drug-likeness (QED) is 0.635. The summed E-state index contributed by atoms with van der Waals surface area (Å²) in [6.45, 7) is 1.01. The first-order chi connectivity index (χ1) is 16.3. The Bertz CT molecular complexity index is 1270. The van der Waals surface area contributed by atoms with E-state index in [0.717, 1.165) is 17.9 Å². The van der Waals surface area contributed by atoms with Crippen LogP contribution in [0.4, 0.5) is 8.78 Å². The lowest BCUT2D eigenvalue weighted by Gasteiger charge is -2.50. The first-order valence-corrected chi connectivity index (χ1v) is 11.9. The molecule has 180 valence electrons. The Balaban J connectivity index is 1.54. The van der Waals surface area contributed by atoms with E-state index in [0.29, 0.717) is 26.2 Å². The van der Waals surface area contributed by atoms with Gasteiger partial charge in [0.1, 0.15) is 27.1 Å². The Labute approximate surface area is 202 Å². The van der Waals surface area contributed by atoms with Gasteiger partial charge in [-0.15, -0.1) is 11.8 Å². The fourth-order valence-electron chi connectivity index (χ4n) is 4.86. The van der Waals surface area contributed by atoms with Crippen molar-refractivity contribution in [2.45, 2.75) is 23.9 Å². The number of rotatable bonds is 4. The summed E-state index contributed by atoms with van der Waals surface area (Å²) in [4.78, 5) is 40.6. The second kappa shape index (κ2) is 8.54. The molecule has 12 heteroatoms. The Hall–Kier alpha value is -2.63. The molecule has 1 N–H and O–H groups in total. The lowest BCUT2D eigenvalue weighted by atomic mass is 9.95. The van der Waals surface area contributed by atoms with Crippen molar-refractivity contribution in [1.82, 2.24) is 14.8 Å². The van der Waals surface area contributed by atoms with Gasteiger partial charge in [-0.3, -0.25) is 14.4 Å². The maximum Gasteiger partial charge on any atom is 0.275 e. The number of hydrogen-bond donors (Lipinski definition) is 1. The van der Waals surface area contributed by atoms with Crippen LogP contribution in [-0.4, -0.2) is 58.8 Å². The maximum absolute atomic E-state index is 14.2. The summed E-state index contributed by atoms with van der Waals surface area (Å²) in [5, 5.41) is 1.80. The number of carbonyl (C=O) groups is 2. The van der Waals surface area contributed by atoms with Crippen LogP contribution in [0.1, 0.15) is 38.9 Å². The number of pyridine rings is 1. The normalized spacial score (nSPS) is 23.2. The number of aromatic nitrogens is 1. The largest absolute Gasteiger partial charge is 0.491 e. The standard InChI is InChI=1S/C22H20ClF2N3O5S/c1-32-19-17-21(31)28-5-7-34-22(28)10-33-6-4-14(22)27(17)9-12(18(19)29)20(30)26-8-11-2-3-13(24)15(23)16(11)25/h2-3,9,14H,4-8,10H2,1H3,(H,26,30)/t14-,22-/m0/s1. The number of carbonyl (C=O) groups excluding carboxylic acids is 2. The minimum absolute atomic E-state index is 0.0404. The molecule has 2 aromatic rings. The summed E-state index contributed by atoms with van der Waals surface area (Å²) in [5.41, 5.74) is -0.935. The van der Waals surface area contributed by atoms with Crippen molar-refractivity contribution in [3.8, 4) is 5.75 Å². The maximum atomic E-state index is 14.2. The van der Waals surface area contributed by atoms with E-state index >= 15 is 0 Å². The predicted octanol–water partition coefficient (Wildman–Crippen LogP) is 2.58. The summed E-state index contributed by atoms with van der Waals surface area (Å²) in [6.07, 6.45) is 1.95. The highest BCUT2D eigenvalue weighted by Crippen LogP contribution is 2.52. The molecule has 2 atom stereocenters. The van der Waals surface area contributed by atoms with Gasteiger partial charge in [0.2, 0.25) is 5.43 Å². The third kappa shape index (κ3) is 3.32. The van der Waals surface area contributed by atoms with Crippen LogP contribution >= 0.6 is 23.4 Å². The number of nitrogens with one attached hydrogen (secondary N) is 1. The number of thioether (sulfide) groups is 1. The summed E-state index contributed by atoms with van der Waals surface area (Å²) in [6, 6.07) is 1.93. The lowest BCUT2D eigenvalue weighted by molar-refractivity contribution is -0.0284. The number of ether oxygens (including phenoxy) is 2. The van der Waals surface area contributed by atoms with E-state index in [4.69, 9.17) is 21.1 Å². The number of nitrogens with zero attached hydrogens (tertiary/aromatic N) is 2. The zero-order chi connectivity index (χ0) is 24.2. The van der Waals surface area contributed by atoms with Gasteiger partial charge in [0, 0.05) is 37.2 Å². The molecule has 5 rings (SSSR count). The average molecular weight is 512 g/mol. The monoisotopic (exact) mass is 511 g/mol. The summed E-state index contributed by atoms with van der Waals surface area (Å²) in [5.74, 6) is -2.53. The predicted molar refractivity (Wildman–Crippen MR) is 120 cm³/mol. The highest BCUT2D eigenvalue weighted by molar-refractivity contribution is 8.01. The van der Waals surface area contributed by atoms with E-state index < -0.39 is 32.9 Å². The number of amides is 2. The highest BCUT2D eigenvalue weighted by Gasteiger charge is 2.57. The second-order valence-corrected chi connectivity index (χ2v) is 9.97. The van der Waals surface area contributed by atoms with Crippen molar-refractivity contribution >= 4 is 35.2 Å². The van der Waals surface area contributed by atoms with Gasteiger partial charge in [0.15, 0.2) is 11.4 Å². The summed E-state index contributed by atoms with van der Waals surface area (Å²) >= 11 is 7.22. The van der Waals surface area contributed by atoms with Gasteiger partial charge in [-0.1, -0.05) is 17.7 Å². The molecule has 0 bridgehead atoms. The fraction of sp³-hybridized carbons (Fsp3) is 0.409. The summed E-state index contributed by atoms with van der Waals surface area (Å²) < 4.78 is 40.3. The Morgan fingerprint density at radius 3 is 2.94 bits per heavy atom. The second-order valence-electron chi connectivity index (χ2n) is 8.19. The molecule has 1 aromatic carbocycles. The molecule has 2 fully saturated rings. The first kappa shape index (κ1) is 23.1. The van der Waals surface area contributed by atoms with Gasteiger partial charge in [-0.05, 0) is 12.5 Å². The molecule has 0 radical (unpaired) electrons. The molecule has 1 spiro atoms. The van der Waals surface area contributed by atoms with Crippen molar-refractivity contribution in [2.24, 2.45) is 0 Å². The van der Waals surface area contributed by atoms with Crippen molar-refractivity contribution in [2.75, 3.05) is 32.6 Å². The van der Waals surface area contributed by atoms with Gasteiger partial charge in [0.05, 0.1) is 19.8 Å². The van der Waals surface area contributed by atoms with E-state index in [1.54, 1.807) is 21.2 Å². The molecule has 2 amide bonds. The topological polar surface area (TPSA) is 89.9 Å². The molecule has 4 heterocycles. The van der Waals surface area contributed by atoms with Crippen LogP contribution in [0.2, 0.25) is 5.02 Å². The van der Waals surface area contributed by atoms with E-state index in [9.17, 15) is 23.2 Å². The van der Waals surface area contributed by atoms with Crippen LogP contribution in [-0.2, 0) is 11.3 Å². The van der Waals surface area contributed by atoms with Crippen molar-refractivity contribution < 1.29 is 27.8 Å². The van der Waals surface area contributed by atoms with Crippen LogP contribution in [0.3, 0.4) is 0 Å². The number of methoxy groups -OCH3 is 1. The molecule has 1 aromatic heterocycles. The van der Waals surface area contributed by atoms with Gasteiger partial charge in [0.25, 0.3) is 11.8 Å². The molecule has 8 nitrogen and oxygen atoms in total. The van der Waals surface area contributed by atoms with Gasteiger partial charge < -0.3 is 24.3 Å². The van der Waals surface area contributed by atoms with Gasteiger partial charge in [-0.25, -0.2) is 8.78 Å². The molecule has 0 saturated carbocycles. The van der Waals surface area contributed by atoms with Crippen molar-refractivity contribution in [3.63, 3.8) is 0 Å². The SMILES string of the molecule is COc1c2n(cc(C(=O)NCc3ccc(F)c(Cl)c3F)c1=O)[C@H]1CCOC[C@]13SCCN3C2=O. The Morgan fingerprint density at radius 1 is 1.38 bits per heavy atom. The lowest BCUT2D eigenvalue weighted by Crippen LogP contribution is -2.61. The number of fused-ring (bicyclic) bond motifs is 2. The molecule has 3 aliphatic rings. The van der Waals surface area contributed by atoms with Crippen LogP contribution < -0.4 is 15.5 Å². The average Bonchev–Trinajstić information content (AvgIpc) is 3.26. The third-order valence-electron chi connectivity index (χ3n) is 6.47. The van der Waals surface area contributed by atoms with Crippen LogP contribution in [0, 0.1) is 11.6 Å². The molecular formula is C22H20ClF2N3O5S. The number of halogens is 3. The van der Waals surface area contributed by atoms with E-state index in [1.165, 1.54) is 13.3 Å². The molecule has 3 aliphatic heterocycles. The molecule has 0 aliphatic carbocycles. The minimum Gasteiger partial charge on any atom is -0.491 e. The Morgan fingerprint density at radius 2 is 2.18 bits per heavy atom. The van der Waals surface area contributed by atoms with E-state index in [1.807, 2.05) is 0 Å². The van der Waals surface area contributed by atoms with E-state index in [-0.39, 0.29) is 41.1 Å². The zero-order valence-corrected chi connectivity index (χ0v) is 19.6. The van der Waals surface area contributed by atoms with Crippen molar-refractivity contribution in [1.29, 1.82) is 0 Å². The fourth-order valence-corrected chi connectivity index (χ4v) is 6.59. The van der Waals surface area contributed by atoms with Gasteiger partial charge >= 0.3 is 0 Å². The van der Waals surface area contributed by atoms with Crippen molar-refractivity contribution in [3.05, 3.63) is 62.0 Å². The smallest absolute Gasteiger partial charge is 0.275 e. The zero-order valence-electron chi connectivity index (χ0n) is 18.0. The summed E-state index contributed by atoms with van der Waals surface area (Å²) in [7, 11) is 1.27. The Kier molecular flexibility index (Phi) is 5.81. The minimum atomic E-state index is -0.991. The van der Waals surface area contributed by atoms with Gasteiger partial charge in [-0.2, -0.15) is 0 Å². The molecule has 34 heavy (non-hydrogen) atoms. The third-order valence-corrected chi connectivity index (χ3v) is 8.31. The number of hydrogen-bond acceptors (Lipinski definition) is 6.